The Bertz CT molecular complexity index is 1100. The zero-order valence-corrected chi connectivity index (χ0v) is 18.4. The first-order valence-corrected chi connectivity index (χ1v) is 11.3. The van der Waals surface area contributed by atoms with Crippen molar-refractivity contribution in [2.45, 2.75) is 38.6 Å². The molecule has 0 spiro atoms. The first-order chi connectivity index (χ1) is 15.1. The number of benzene rings is 2. The Labute approximate surface area is 186 Å². The number of rotatable bonds is 8. The number of nitrogens with zero attached hydrogens (tertiary/aromatic N) is 2. The van der Waals surface area contributed by atoms with Crippen LogP contribution in [0.15, 0.2) is 76.6 Å². The molecule has 1 unspecified atom stereocenters. The van der Waals surface area contributed by atoms with E-state index in [4.69, 9.17) is 4.52 Å². The zero-order valence-electron chi connectivity index (χ0n) is 17.6. The number of amides is 1. The summed E-state index contributed by atoms with van der Waals surface area (Å²) < 4.78 is 5.33. The molecular weight excluding hydrogens is 406 g/mol. The number of hydrogen-bond donors (Lipinski definition) is 1. The maximum atomic E-state index is 12.8. The molecule has 0 saturated heterocycles. The van der Waals surface area contributed by atoms with Gasteiger partial charge in [0.1, 0.15) is 0 Å². The second-order valence-electron chi connectivity index (χ2n) is 7.72. The van der Waals surface area contributed by atoms with Crippen molar-refractivity contribution in [3.05, 3.63) is 94.0 Å². The minimum atomic E-state index is -0.170. The lowest BCUT2D eigenvalue weighted by Crippen LogP contribution is -2.29. The average Bonchev–Trinajstić information content (AvgIpc) is 3.49. The van der Waals surface area contributed by atoms with Gasteiger partial charge < -0.3 is 9.84 Å². The highest BCUT2D eigenvalue weighted by Crippen LogP contribution is 2.27. The molecule has 0 aliphatic heterocycles. The fourth-order valence-corrected chi connectivity index (χ4v) is 4.16. The summed E-state index contributed by atoms with van der Waals surface area (Å²) in [6, 6.07) is 22.0. The number of carbonyl (C=O) groups excluding carboxylic acids is 1. The summed E-state index contributed by atoms with van der Waals surface area (Å²) in [5.41, 5.74) is 3.25. The molecule has 2 aromatic heterocycles. The molecule has 31 heavy (non-hydrogen) atoms. The summed E-state index contributed by atoms with van der Waals surface area (Å²) in [4.78, 5) is 18.3. The van der Waals surface area contributed by atoms with E-state index < -0.39 is 0 Å². The fraction of sp³-hybridized carbons (Fsp3) is 0.240. The van der Waals surface area contributed by atoms with Gasteiger partial charge in [-0.3, -0.25) is 4.79 Å². The van der Waals surface area contributed by atoms with Gasteiger partial charge in [0, 0.05) is 23.3 Å². The standard InChI is InChI=1S/C25H25N3O2S/c1-17(2)18-10-12-19(13-11-18)24(21-9-6-16-31-21)26-22(29)14-15-23-27-25(28-30-23)20-7-4-3-5-8-20/h3-13,16-17,24H,14-15H2,1-2H3,(H,26,29). The van der Waals surface area contributed by atoms with Crippen LogP contribution < -0.4 is 5.32 Å². The van der Waals surface area contributed by atoms with Gasteiger partial charge in [0.25, 0.3) is 0 Å². The summed E-state index contributed by atoms with van der Waals surface area (Å²) in [5, 5.41) is 9.22. The molecule has 1 N–H and O–H groups in total. The van der Waals surface area contributed by atoms with Crippen LogP contribution in [0.25, 0.3) is 11.4 Å². The minimum Gasteiger partial charge on any atom is -0.344 e. The van der Waals surface area contributed by atoms with Gasteiger partial charge in [-0.2, -0.15) is 4.98 Å². The number of hydrogen-bond acceptors (Lipinski definition) is 5. The molecule has 0 aliphatic carbocycles. The van der Waals surface area contributed by atoms with Gasteiger partial charge >= 0.3 is 0 Å². The van der Waals surface area contributed by atoms with Crippen LogP contribution in [-0.4, -0.2) is 16.0 Å². The van der Waals surface area contributed by atoms with Crippen LogP contribution in [0, 0.1) is 0 Å². The topological polar surface area (TPSA) is 68.0 Å². The molecule has 5 nitrogen and oxygen atoms in total. The highest BCUT2D eigenvalue weighted by atomic mass is 32.1. The van der Waals surface area contributed by atoms with Crippen molar-refractivity contribution in [2.24, 2.45) is 0 Å². The third kappa shape index (κ3) is 5.27. The number of carbonyl (C=O) groups is 1. The van der Waals surface area contributed by atoms with Crippen molar-refractivity contribution in [3.8, 4) is 11.4 Å². The Morgan fingerprint density at radius 3 is 2.42 bits per heavy atom. The Morgan fingerprint density at radius 1 is 1.00 bits per heavy atom. The number of nitrogens with one attached hydrogen (secondary N) is 1. The molecule has 0 fully saturated rings. The highest BCUT2D eigenvalue weighted by Gasteiger charge is 2.19. The van der Waals surface area contributed by atoms with Crippen LogP contribution in [-0.2, 0) is 11.2 Å². The third-order valence-corrected chi connectivity index (χ3v) is 6.07. The maximum absolute atomic E-state index is 12.8. The SMILES string of the molecule is CC(C)c1ccc(C(NC(=O)CCc2nc(-c3ccccc3)no2)c2cccs2)cc1. The van der Waals surface area contributed by atoms with E-state index in [1.807, 2.05) is 41.8 Å². The average molecular weight is 432 g/mol. The van der Waals surface area contributed by atoms with Gasteiger partial charge in [-0.25, -0.2) is 0 Å². The molecule has 0 bridgehead atoms. The maximum Gasteiger partial charge on any atom is 0.227 e. The predicted molar refractivity (Wildman–Crippen MR) is 123 cm³/mol. The van der Waals surface area contributed by atoms with Crippen molar-refractivity contribution in [2.75, 3.05) is 0 Å². The van der Waals surface area contributed by atoms with E-state index in [1.54, 1.807) is 11.3 Å². The molecule has 2 aromatic carbocycles. The Hall–Kier alpha value is -3.25. The molecule has 2 heterocycles. The van der Waals surface area contributed by atoms with E-state index >= 15 is 0 Å². The Morgan fingerprint density at radius 2 is 1.74 bits per heavy atom. The van der Waals surface area contributed by atoms with E-state index in [-0.39, 0.29) is 18.4 Å². The number of thiophene rings is 1. The van der Waals surface area contributed by atoms with Crippen LogP contribution in [0.2, 0.25) is 0 Å². The van der Waals surface area contributed by atoms with Crippen molar-refractivity contribution in [1.29, 1.82) is 0 Å². The zero-order chi connectivity index (χ0) is 21.6. The Balaban J connectivity index is 1.42. The Kier molecular flexibility index (Phi) is 6.57. The molecule has 6 heteroatoms. The normalized spacial score (nSPS) is 12.1. The molecule has 0 aliphatic rings. The predicted octanol–water partition coefficient (Wildman–Crippen LogP) is 5.76. The largest absolute Gasteiger partial charge is 0.344 e. The van der Waals surface area contributed by atoms with Crippen LogP contribution in [0.3, 0.4) is 0 Å². The van der Waals surface area contributed by atoms with Crippen molar-refractivity contribution in [1.82, 2.24) is 15.5 Å². The smallest absolute Gasteiger partial charge is 0.227 e. The van der Waals surface area contributed by atoms with Crippen LogP contribution in [0.1, 0.15) is 54.1 Å². The molecule has 1 atom stereocenters. The summed E-state index contributed by atoms with van der Waals surface area (Å²) >= 11 is 1.64. The van der Waals surface area contributed by atoms with E-state index in [0.717, 1.165) is 16.0 Å². The van der Waals surface area contributed by atoms with E-state index in [1.165, 1.54) is 5.56 Å². The molecular formula is C25H25N3O2S. The van der Waals surface area contributed by atoms with Gasteiger partial charge in [0.05, 0.1) is 6.04 Å². The molecule has 4 rings (SSSR count). The van der Waals surface area contributed by atoms with Gasteiger partial charge in [-0.05, 0) is 28.5 Å². The monoisotopic (exact) mass is 431 g/mol. The lowest BCUT2D eigenvalue weighted by Gasteiger charge is -2.19. The lowest BCUT2D eigenvalue weighted by molar-refractivity contribution is -0.121. The molecule has 4 aromatic rings. The van der Waals surface area contributed by atoms with E-state index in [2.05, 4.69) is 59.6 Å². The third-order valence-electron chi connectivity index (χ3n) is 5.14. The van der Waals surface area contributed by atoms with Gasteiger partial charge in [0.2, 0.25) is 17.6 Å². The minimum absolute atomic E-state index is 0.0502. The summed E-state index contributed by atoms with van der Waals surface area (Å²) in [5.74, 6) is 1.42. The summed E-state index contributed by atoms with van der Waals surface area (Å²) in [6.07, 6.45) is 0.678. The second-order valence-corrected chi connectivity index (χ2v) is 8.69. The van der Waals surface area contributed by atoms with Crippen LogP contribution in [0.4, 0.5) is 0 Å². The van der Waals surface area contributed by atoms with Crippen molar-refractivity contribution in [3.63, 3.8) is 0 Å². The lowest BCUT2D eigenvalue weighted by atomic mass is 9.98. The quantitative estimate of drug-likeness (QED) is 0.385. The number of aromatic nitrogens is 2. The summed E-state index contributed by atoms with van der Waals surface area (Å²) in [7, 11) is 0. The second kappa shape index (κ2) is 9.71. The van der Waals surface area contributed by atoms with Crippen LogP contribution >= 0.6 is 11.3 Å². The molecule has 0 saturated carbocycles. The van der Waals surface area contributed by atoms with Crippen LogP contribution in [0.5, 0.6) is 0 Å². The van der Waals surface area contributed by atoms with Gasteiger partial charge in [-0.15, -0.1) is 11.3 Å². The first kappa shape index (κ1) is 21.0. The highest BCUT2D eigenvalue weighted by molar-refractivity contribution is 7.10. The van der Waals surface area contributed by atoms with Crippen molar-refractivity contribution < 1.29 is 9.32 Å². The van der Waals surface area contributed by atoms with Gasteiger partial charge in [-0.1, -0.05) is 79.7 Å². The fourth-order valence-electron chi connectivity index (χ4n) is 3.36. The summed E-state index contributed by atoms with van der Waals surface area (Å²) in [6.45, 7) is 4.35. The van der Waals surface area contributed by atoms with Gasteiger partial charge in [0.15, 0.2) is 0 Å². The number of aryl methyl sites for hydroxylation is 1. The van der Waals surface area contributed by atoms with E-state index in [9.17, 15) is 4.79 Å². The molecule has 0 radical (unpaired) electrons. The van der Waals surface area contributed by atoms with E-state index in [0.29, 0.717) is 24.1 Å². The van der Waals surface area contributed by atoms with Crippen molar-refractivity contribution >= 4 is 17.2 Å². The molecule has 1 amide bonds. The molecule has 158 valence electrons. The first-order valence-electron chi connectivity index (χ1n) is 10.4.